The molecule has 1 aliphatic rings. The lowest BCUT2D eigenvalue weighted by Crippen LogP contribution is -2.28. The first kappa shape index (κ1) is 13.6. The number of nitriles is 1. The number of amides is 1. The molecule has 0 N–H and O–H groups in total. The Morgan fingerprint density at radius 2 is 2.26 bits per heavy atom. The summed E-state index contributed by atoms with van der Waals surface area (Å²) in [6, 6.07) is 2.09. The van der Waals surface area contributed by atoms with Gasteiger partial charge in [-0.15, -0.1) is 0 Å². The fraction of sp³-hybridized carbons (Fsp3) is 0.500. The second-order valence-electron chi connectivity index (χ2n) is 4.46. The molecule has 100 valence electrons. The van der Waals surface area contributed by atoms with E-state index in [4.69, 9.17) is 5.26 Å². The Kier molecular flexibility index (Phi) is 3.62. The van der Waals surface area contributed by atoms with Gasteiger partial charge < -0.3 is 0 Å². The van der Waals surface area contributed by atoms with E-state index in [1.165, 1.54) is 18.7 Å². The summed E-state index contributed by atoms with van der Waals surface area (Å²) in [4.78, 5) is 24.7. The average molecular weight is 278 g/mol. The molecule has 0 bridgehead atoms. The van der Waals surface area contributed by atoms with Crippen LogP contribution in [0.4, 0.5) is 5.82 Å². The van der Waals surface area contributed by atoms with Gasteiger partial charge in [0.15, 0.2) is 10.9 Å². The number of rotatable bonds is 2. The van der Waals surface area contributed by atoms with E-state index in [0.29, 0.717) is 30.0 Å². The molecule has 0 aliphatic carbocycles. The number of anilines is 1. The molecular formula is C12H14N4O2S. The molecule has 2 heterocycles. The first-order valence-electron chi connectivity index (χ1n) is 5.85. The van der Waals surface area contributed by atoms with E-state index >= 15 is 0 Å². The van der Waals surface area contributed by atoms with Crippen molar-refractivity contribution in [1.82, 2.24) is 9.78 Å². The predicted octanol–water partition coefficient (Wildman–Crippen LogP) is 0.985. The van der Waals surface area contributed by atoms with Gasteiger partial charge in [-0.1, -0.05) is 11.8 Å². The van der Waals surface area contributed by atoms with Gasteiger partial charge >= 0.3 is 0 Å². The lowest BCUT2D eigenvalue weighted by atomic mass is 10.2. The maximum Gasteiger partial charge on any atom is 0.229 e. The normalized spacial score (nSPS) is 18.7. The third-order valence-corrected chi connectivity index (χ3v) is 3.96. The van der Waals surface area contributed by atoms with Crippen LogP contribution in [0.2, 0.25) is 0 Å². The van der Waals surface area contributed by atoms with Gasteiger partial charge in [-0.25, -0.2) is 0 Å². The van der Waals surface area contributed by atoms with Crippen molar-refractivity contribution in [3.05, 3.63) is 11.3 Å². The average Bonchev–Trinajstić information content (AvgIpc) is 2.77. The van der Waals surface area contributed by atoms with Gasteiger partial charge in [0.2, 0.25) is 5.91 Å². The highest BCUT2D eigenvalue weighted by atomic mass is 32.2. The minimum Gasteiger partial charge on any atom is -0.295 e. The largest absolute Gasteiger partial charge is 0.295 e. The number of carbonyl (C=O) groups is 2. The molecule has 0 radical (unpaired) electrons. The van der Waals surface area contributed by atoms with Crippen LogP contribution in [0.15, 0.2) is 0 Å². The maximum absolute atomic E-state index is 12.0. The predicted molar refractivity (Wildman–Crippen MR) is 71.7 cm³/mol. The first-order chi connectivity index (χ1) is 8.93. The molecule has 6 nitrogen and oxygen atoms in total. The van der Waals surface area contributed by atoms with E-state index in [1.54, 1.807) is 23.6 Å². The summed E-state index contributed by atoms with van der Waals surface area (Å²) in [6.45, 7) is 3.67. The van der Waals surface area contributed by atoms with Gasteiger partial charge in [0.05, 0.1) is 5.69 Å². The monoisotopic (exact) mass is 278 g/mol. The van der Waals surface area contributed by atoms with Gasteiger partial charge in [0, 0.05) is 32.2 Å². The molecular weight excluding hydrogens is 264 g/mol. The van der Waals surface area contributed by atoms with Gasteiger partial charge in [-0.3, -0.25) is 19.2 Å². The minimum atomic E-state index is -0.0711. The Balaban J connectivity index is 2.31. The molecule has 2 rings (SSSR count). The van der Waals surface area contributed by atoms with Crippen LogP contribution in [0, 0.1) is 18.3 Å². The fourth-order valence-electron chi connectivity index (χ4n) is 2.28. The number of hydrogen-bond donors (Lipinski definition) is 0. The maximum atomic E-state index is 12.0. The molecule has 0 spiro atoms. The molecule has 19 heavy (non-hydrogen) atoms. The summed E-state index contributed by atoms with van der Waals surface area (Å²) in [5, 5.41) is 13.3. The van der Waals surface area contributed by atoms with E-state index in [1.807, 2.05) is 0 Å². The van der Waals surface area contributed by atoms with Gasteiger partial charge in [0.25, 0.3) is 0 Å². The van der Waals surface area contributed by atoms with Crippen LogP contribution in [-0.4, -0.2) is 32.6 Å². The van der Waals surface area contributed by atoms with Crippen LogP contribution in [0.5, 0.6) is 0 Å². The number of aryl methyl sites for hydroxylation is 2. The Labute approximate surface area is 115 Å². The zero-order valence-electron chi connectivity index (χ0n) is 11.0. The summed E-state index contributed by atoms with van der Waals surface area (Å²) in [5.41, 5.74) is 1.03. The van der Waals surface area contributed by atoms with Crippen molar-refractivity contribution in [3.63, 3.8) is 0 Å². The Hall–Kier alpha value is -1.81. The van der Waals surface area contributed by atoms with E-state index in [9.17, 15) is 9.59 Å². The van der Waals surface area contributed by atoms with Crippen LogP contribution < -0.4 is 4.90 Å². The fourth-order valence-corrected chi connectivity index (χ4v) is 3.20. The van der Waals surface area contributed by atoms with E-state index < -0.39 is 0 Å². The molecule has 0 aromatic carbocycles. The summed E-state index contributed by atoms with van der Waals surface area (Å²) in [6.07, 6.45) is 0.319. The number of thioether (sulfide) groups is 1. The first-order valence-corrected chi connectivity index (χ1v) is 6.73. The molecule has 1 aromatic heterocycles. The molecule has 1 aliphatic heterocycles. The summed E-state index contributed by atoms with van der Waals surface area (Å²) in [7, 11) is 1.71. The van der Waals surface area contributed by atoms with Gasteiger partial charge in [0.1, 0.15) is 11.6 Å². The standard InChI is InChI=1S/C12H14N4O2S/c1-7-10(5-13)12(15(3)14-7)16-6-9(4-11(16)18)19-8(2)17/h9H,4,6H2,1-3H3. The molecule has 1 saturated heterocycles. The number of nitrogens with zero attached hydrogens (tertiary/aromatic N) is 4. The third-order valence-electron chi connectivity index (χ3n) is 2.98. The number of hydrogen-bond acceptors (Lipinski definition) is 5. The number of carbonyl (C=O) groups excluding carboxylic acids is 2. The summed E-state index contributed by atoms with van der Waals surface area (Å²) in [5.74, 6) is 0.454. The van der Waals surface area contributed by atoms with E-state index in [-0.39, 0.29) is 16.3 Å². The lowest BCUT2D eigenvalue weighted by molar-refractivity contribution is -0.117. The highest BCUT2D eigenvalue weighted by molar-refractivity contribution is 8.14. The van der Waals surface area contributed by atoms with Crippen LogP contribution in [-0.2, 0) is 16.6 Å². The molecule has 1 atom stereocenters. The van der Waals surface area contributed by atoms with E-state index in [0.717, 1.165) is 0 Å². The smallest absolute Gasteiger partial charge is 0.229 e. The summed E-state index contributed by atoms with van der Waals surface area (Å²) < 4.78 is 1.55. The lowest BCUT2D eigenvalue weighted by Gasteiger charge is -2.16. The Bertz CT molecular complexity index is 587. The van der Waals surface area contributed by atoms with Crippen molar-refractivity contribution in [2.45, 2.75) is 25.5 Å². The topological polar surface area (TPSA) is 79.0 Å². The van der Waals surface area contributed by atoms with Crippen molar-refractivity contribution >= 4 is 28.6 Å². The number of aromatic nitrogens is 2. The SMILES string of the molecule is CC(=O)SC1CC(=O)N(c2c(C#N)c(C)nn2C)C1. The van der Waals surface area contributed by atoms with Crippen LogP contribution in [0.3, 0.4) is 0 Å². The third kappa shape index (κ3) is 2.49. The molecule has 7 heteroatoms. The zero-order chi connectivity index (χ0) is 14.2. The van der Waals surface area contributed by atoms with Crippen molar-refractivity contribution in [3.8, 4) is 6.07 Å². The van der Waals surface area contributed by atoms with Gasteiger partial charge in [-0.2, -0.15) is 10.4 Å². The summed E-state index contributed by atoms with van der Waals surface area (Å²) >= 11 is 1.18. The van der Waals surface area contributed by atoms with Crippen LogP contribution in [0.1, 0.15) is 24.6 Å². The second-order valence-corrected chi connectivity index (χ2v) is 5.94. The minimum absolute atomic E-state index is 0.00124. The molecule has 1 amide bonds. The molecule has 1 unspecified atom stereocenters. The molecule has 1 fully saturated rings. The van der Waals surface area contributed by atoms with Crippen molar-refractivity contribution in [2.75, 3.05) is 11.4 Å². The molecule has 0 saturated carbocycles. The van der Waals surface area contributed by atoms with Crippen LogP contribution >= 0.6 is 11.8 Å². The highest BCUT2D eigenvalue weighted by Crippen LogP contribution is 2.31. The zero-order valence-corrected chi connectivity index (χ0v) is 11.8. The molecule has 1 aromatic rings. The van der Waals surface area contributed by atoms with Crippen molar-refractivity contribution in [2.24, 2.45) is 7.05 Å². The quantitative estimate of drug-likeness (QED) is 0.806. The Morgan fingerprint density at radius 3 is 2.84 bits per heavy atom. The van der Waals surface area contributed by atoms with Crippen LogP contribution in [0.25, 0.3) is 0 Å². The van der Waals surface area contributed by atoms with Gasteiger partial charge in [-0.05, 0) is 6.92 Å². The van der Waals surface area contributed by atoms with Crippen molar-refractivity contribution in [1.29, 1.82) is 5.26 Å². The van der Waals surface area contributed by atoms with E-state index in [2.05, 4.69) is 11.2 Å². The highest BCUT2D eigenvalue weighted by Gasteiger charge is 2.35. The second kappa shape index (κ2) is 5.05. The van der Waals surface area contributed by atoms with Crippen molar-refractivity contribution < 1.29 is 9.59 Å². The Morgan fingerprint density at radius 1 is 1.58 bits per heavy atom.